The number of carbonyl (C=O) groups is 1. The summed E-state index contributed by atoms with van der Waals surface area (Å²) >= 11 is 0. The van der Waals surface area contributed by atoms with Gasteiger partial charge in [-0.3, -0.25) is 13.9 Å². The molecule has 0 radical (unpaired) electrons. The number of hydrogen-bond acceptors (Lipinski definition) is 7. The summed E-state index contributed by atoms with van der Waals surface area (Å²) < 4.78 is 69.6. The minimum absolute atomic E-state index is 0.0000231. The van der Waals surface area contributed by atoms with E-state index < -0.39 is 26.7 Å². The Morgan fingerprint density at radius 2 is 1.58 bits per heavy atom. The van der Waals surface area contributed by atoms with Gasteiger partial charge in [0.15, 0.2) is 5.75 Å². The zero-order chi connectivity index (χ0) is 18.1. The monoisotopic (exact) mass is 377 g/mol. The van der Waals surface area contributed by atoms with E-state index in [-0.39, 0.29) is 28.0 Å². The molecular formula is C12H11NO9S2. The predicted octanol–water partition coefficient (Wildman–Crippen LogP) is 1.16. The minimum Gasteiger partial charge on any atom is -0.362 e. The number of rotatable bonds is 5. The fraction of sp³-hybridized carbons (Fsp3) is 0.0833. The van der Waals surface area contributed by atoms with Crippen molar-refractivity contribution in [2.75, 3.05) is 5.32 Å². The van der Waals surface area contributed by atoms with E-state index in [2.05, 4.69) is 13.7 Å². The third-order valence-electron chi connectivity index (χ3n) is 2.66. The van der Waals surface area contributed by atoms with E-state index in [1.165, 1.54) is 25.1 Å². The van der Waals surface area contributed by atoms with Gasteiger partial charge in [-0.15, -0.1) is 0 Å². The summed E-state index contributed by atoms with van der Waals surface area (Å²) in [4.78, 5) is 11.2. The van der Waals surface area contributed by atoms with Gasteiger partial charge in [0.1, 0.15) is 5.75 Å². The third kappa shape index (κ3) is 4.79. The van der Waals surface area contributed by atoms with Gasteiger partial charge in [-0.25, -0.2) is 0 Å². The van der Waals surface area contributed by atoms with Crippen LogP contribution < -0.4 is 13.7 Å². The molecule has 10 nitrogen and oxygen atoms in total. The van der Waals surface area contributed by atoms with Crippen molar-refractivity contribution < 1.29 is 39.1 Å². The van der Waals surface area contributed by atoms with Crippen molar-refractivity contribution in [3.63, 3.8) is 0 Å². The average molecular weight is 377 g/mol. The van der Waals surface area contributed by atoms with Crippen LogP contribution in [0.5, 0.6) is 11.5 Å². The number of anilines is 1. The topological polar surface area (TPSA) is 156 Å². The lowest BCUT2D eigenvalue weighted by Gasteiger charge is -2.12. The van der Waals surface area contributed by atoms with Gasteiger partial charge in [0.2, 0.25) is 5.91 Å². The zero-order valence-corrected chi connectivity index (χ0v) is 13.6. The van der Waals surface area contributed by atoms with E-state index in [9.17, 15) is 21.6 Å². The normalized spacial score (nSPS) is 12.0. The largest absolute Gasteiger partial charge is 0.446 e. The third-order valence-corrected chi connectivity index (χ3v) is 3.45. The Kier molecular flexibility index (Phi) is 4.66. The van der Waals surface area contributed by atoms with Crippen molar-refractivity contribution in [3.8, 4) is 11.5 Å². The van der Waals surface area contributed by atoms with Crippen molar-refractivity contribution in [2.45, 2.75) is 6.92 Å². The van der Waals surface area contributed by atoms with Gasteiger partial charge < -0.3 is 13.7 Å². The lowest BCUT2D eigenvalue weighted by atomic mass is 10.1. The number of amides is 1. The maximum Gasteiger partial charge on any atom is 0.446 e. The van der Waals surface area contributed by atoms with Crippen molar-refractivity contribution in [2.24, 2.45) is 0 Å². The summed E-state index contributed by atoms with van der Waals surface area (Å²) in [6, 6.07) is 5.98. The van der Waals surface area contributed by atoms with Gasteiger partial charge in [0.05, 0.1) is 0 Å². The van der Waals surface area contributed by atoms with E-state index in [0.29, 0.717) is 0 Å². The molecule has 0 bridgehead atoms. The second-order valence-corrected chi connectivity index (χ2v) is 6.57. The maximum atomic E-state index is 11.2. The van der Waals surface area contributed by atoms with Crippen LogP contribution in [0.3, 0.4) is 0 Å². The Labute approximate surface area is 136 Å². The first-order chi connectivity index (χ1) is 10.9. The van der Waals surface area contributed by atoms with Gasteiger partial charge in [0.25, 0.3) is 0 Å². The van der Waals surface area contributed by atoms with E-state index in [0.717, 1.165) is 12.1 Å². The molecule has 24 heavy (non-hydrogen) atoms. The SMILES string of the molecule is CC(=O)Nc1ccc(OS(=O)(=O)O)c2cc(OS(=O)(=O)O)ccc12. The molecule has 0 spiro atoms. The average Bonchev–Trinajstić information content (AvgIpc) is 2.37. The van der Waals surface area contributed by atoms with Crippen LogP contribution in [0.25, 0.3) is 10.8 Å². The van der Waals surface area contributed by atoms with Crippen LogP contribution in [0.2, 0.25) is 0 Å². The van der Waals surface area contributed by atoms with Gasteiger partial charge in [-0.2, -0.15) is 16.8 Å². The molecular weight excluding hydrogens is 366 g/mol. The van der Waals surface area contributed by atoms with Crippen LogP contribution in [0, 0.1) is 0 Å². The number of carbonyl (C=O) groups excluding carboxylic acids is 1. The highest BCUT2D eigenvalue weighted by atomic mass is 32.3. The van der Waals surface area contributed by atoms with Crippen LogP contribution in [0.4, 0.5) is 5.69 Å². The molecule has 3 N–H and O–H groups in total. The predicted molar refractivity (Wildman–Crippen MR) is 82.6 cm³/mol. The molecule has 12 heteroatoms. The molecule has 2 rings (SSSR count). The molecule has 0 heterocycles. The lowest BCUT2D eigenvalue weighted by molar-refractivity contribution is -0.114. The number of nitrogens with one attached hydrogen (secondary N) is 1. The van der Waals surface area contributed by atoms with Crippen LogP contribution in [0.1, 0.15) is 6.92 Å². The number of hydrogen-bond donors (Lipinski definition) is 3. The summed E-state index contributed by atoms with van der Waals surface area (Å²) in [5.41, 5.74) is 0.276. The molecule has 0 fully saturated rings. The number of fused-ring (bicyclic) bond motifs is 1. The molecule has 0 saturated heterocycles. The molecule has 0 aromatic heterocycles. The fourth-order valence-electron chi connectivity index (χ4n) is 1.96. The molecule has 0 saturated carbocycles. The molecule has 130 valence electrons. The molecule has 2 aromatic carbocycles. The van der Waals surface area contributed by atoms with Gasteiger partial charge in [-0.05, 0) is 30.3 Å². The van der Waals surface area contributed by atoms with E-state index in [1.807, 2.05) is 0 Å². The van der Waals surface area contributed by atoms with Crippen LogP contribution in [-0.2, 0) is 25.6 Å². The van der Waals surface area contributed by atoms with E-state index >= 15 is 0 Å². The van der Waals surface area contributed by atoms with Gasteiger partial charge in [-0.1, -0.05) is 0 Å². The summed E-state index contributed by atoms with van der Waals surface area (Å²) in [5, 5.41) is 2.76. The summed E-state index contributed by atoms with van der Waals surface area (Å²) in [6.45, 7) is 1.25. The van der Waals surface area contributed by atoms with Crippen LogP contribution >= 0.6 is 0 Å². The van der Waals surface area contributed by atoms with E-state index in [1.54, 1.807) is 0 Å². The highest BCUT2D eigenvalue weighted by Crippen LogP contribution is 2.35. The summed E-state index contributed by atoms with van der Waals surface area (Å²) in [5.74, 6) is -1.09. The smallest absolute Gasteiger partial charge is 0.362 e. The first-order valence-electron chi connectivity index (χ1n) is 6.13. The van der Waals surface area contributed by atoms with Crippen LogP contribution in [0.15, 0.2) is 30.3 Å². The van der Waals surface area contributed by atoms with Gasteiger partial charge in [0, 0.05) is 23.4 Å². The van der Waals surface area contributed by atoms with Crippen molar-refractivity contribution in [1.82, 2.24) is 0 Å². The molecule has 2 aromatic rings. The maximum absolute atomic E-state index is 11.2. The second-order valence-electron chi connectivity index (χ2n) is 4.52. The fourth-order valence-corrected chi connectivity index (χ4v) is 2.68. The Balaban J connectivity index is 2.68. The number of benzene rings is 2. The highest BCUT2D eigenvalue weighted by Gasteiger charge is 2.16. The molecule has 0 aliphatic rings. The second kappa shape index (κ2) is 6.24. The summed E-state index contributed by atoms with van der Waals surface area (Å²) in [6.07, 6.45) is 0. The Morgan fingerprint density at radius 1 is 0.958 bits per heavy atom. The van der Waals surface area contributed by atoms with E-state index in [4.69, 9.17) is 9.11 Å². The standard InChI is InChI=1S/C12H11NO9S2/c1-7(14)13-11-4-5-12(22-24(18,19)20)10-6-8(2-3-9(10)11)21-23(15,16)17/h2-6H,1H3,(H,13,14)(H,15,16,17)(H,18,19,20). The Morgan fingerprint density at radius 3 is 2.12 bits per heavy atom. The highest BCUT2D eigenvalue weighted by molar-refractivity contribution is 7.81. The first kappa shape index (κ1) is 17.9. The minimum atomic E-state index is -4.85. The molecule has 0 unspecified atom stereocenters. The van der Waals surface area contributed by atoms with Crippen molar-refractivity contribution in [3.05, 3.63) is 30.3 Å². The molecule has 0 aliphatic heterocycles. The van der Waals surface area contributed by atoms with Gasteiger partial charge >= 0.3 is 20.8 Å². The Hall–Kier alpha value is -2.41. The van der Waals surface area contributed by atoms with Crippen molar-refractivity contribution >= 4 is 43.2 Å². The summed E-state index contributed by atoms with van der Waals surface area (Å²) in [7, 11) is -9.65. The van der Waals surface area contributed by atoms with Crippen molar-refractivity contribution in [1.29, 1.82) is 0 Å². The zero-order valence-electron chi connectivity index (χ0n) is 12.0. The quantitative estimate of drug-likeness (QED) is 0.650. The molecule has 0 aliphatic carbocycles. The first-order valence-corrected chi connectivity index (χ1v) is 8.86. The Bertz CT molecular complexity index is 1010. The lowest BCUT2D eigenvalue weighted by Crippen LogP contribution is -2.09. The molecule has 0 atom stereocenters. The molecule has 1 amide bonds. The van der Waals surface area contributed by atoms with Crippen LogP contribution in [-0.4, -0.2) is 31.8 Å².